The van der Waals surface area contributed by atoms with E-state index in [0.29, 0.717) is 12.3 Å². The Morgan fingerprint density at radius 2 is 1.92 bits per heavy atom. The molecule has 0 unspecified atom stereocenters. The van der Waals surface area contributed by atoms with Gasteiger partial charge in [-0.2, -0.15) is 0 Å². The lowest BCUT2D eigenvalue weighted by Crippen LogP contribution is -2.43. The molecule has 0 radical (unpaired) electrons. The Morgan fingerprint density at radius 3 is 2.71 bits per heavy atom. The Kier molecular flexibility index (Phi) is 5.41. The van der Waals surface area contributed by atoms with Crippen molar-refractivity contribution in [2.75, 3.05) is 26.2 Å². The first kappa shape index (κ1) is 17.2. The normalized spacial score (nSPS) is 16.8. The van der Waals surface area contributed by atoms with Crippen LogP contribution in [-0.4, -0.2) is 32.1 Å². The minimum Gasteiger partial charge on any atom is -0.484 e. The topological polar surface area (TPSA) is 50.4 Å². The van der Waals surface area contributed by atoms with Crippen molar-refractivity contribution in [2.24, 2.45) is 5.41 Å². The summed E-state index contributed by atoms with van der Waals surface area (Å²) in [6.45, 7) is 5.04. The lowest BCUT2D eigenvalue weighted by Gasteiger charge is -2.34. The van der Waals surface area contributed by atoms with E-state index < -0.39 is 0 Å². The minimum atomic E-state index is -0.0642. The number of benzene rings is 2. The molecule has 1 aliphatic rings. The summed E-state index contributed by atoms with van der Waals surface area (Å²) < 4.78 is 6.69. The predicted molar refractivity (Wildman–Crippen MR) is 100 cm³/mol. The van der Waals surface area contributed by atoms with Crippen LogP contribution in [0.15, 0.2) is 40.9 Å². The molecule has 1 heterocycles. The quantitative estimate of drug-likeness (QED) is 0.821. The van der Waals surface area contributed by atoms with E-state index in [-0.39, 0.29) is 17.9 Å². The monoisotopic (exact) mass is 390 g/mol. The molecule has 0 atom stereocenters. The maximum Gasteiger partial charge on any atom is 0.257 e. The average molecular weight is 391 g/mol. The van der Waals surface area contributed by atoms with E-state index in [1.807, 2.05) is 30.3 Å². The second kappa shape index (κ2) is 7.53. The molecule has 0 aliphatic carbocycles. The van der Waals surface area contributed by atoms with Gasteiger partial charge in [-0.3, -0.25) is 4.79 Å². The SMILES string of the molecule is CC1(CNC(=O)COc2ccc3cc(Br)ccc3c2)CCNCC1. The van der Waals surface area contributed by atoms with Gasteiger partial charge in [0.2, 0.25) is 0 Å². The number of hydrogen-bond acceptors (Lipinski definition) is 3. The van der Waals surface area contributed by atoms with Crippen molar-refractivity contribution in [2.45, 2.75) is 19.8 Å². The molecule has 4 nitrogen and oxygen atoms in total. The molecule has 2 aromatic carbocycles. The molecule has 128 valence electrons. The highest BCUT2D eigenvalue weighted by Crippen LogP contribution is 2.27. The van der Waals surface area contributed by atoms with Crippen molar-refractivity contribution in [3.8, 4) is 5.75 Å². The molecule has 2 aromatic rings. The summed E-state index contributed by atoms with van der Waals surface area (Å²) in [5.41, 5.74) is 0.192. The molecule has 1 fully saturated rings. The van der Waals surface area contributed by atoms with Crippen molar-refractivity contribution >= 4 is 32.6 Å². The average Bonchev–Trinajstić information content (AvgIpc) is 2.59. The van der Waals surface area contributed by atoms with Gasteiger partial charge >= 0.3 is 0 Å². The summed E-state index contributed by atoms with van der Waals surface area (Å²) in [7, 11) is 0. The van der Waals surface area contributed by atoms with Crippen molar-refractivity contribution in [3.05, 3.63) is 40.9 Å². The minimum absolute atomic E-state index is 0.0519. The van der Waals surface area contributed by atoms with Crippen LogP contribution < -0.4 is 15.4 Å². The van der Waals surface area contributed by atoms with Gasteiger partial charge in [-0.15, -0.1) is 0 Å². The number of piperidine rings is 1. The van der Waals surface area contributed by atoms with Gasteiger partial charge in [0, 0.05) is 11.0 Å². The summed E-state index contributed by atoms with van der Waals surface area (Å²) in [6, 6.07) is 12.0. The van der Waals surface area contributed by atoms with Crippen molar-refractivity contribution in [1.29, 1.82) is 0 Å². The van der Waals surface area contributed by atoms with Crippen LogP contribution in [0.1, 0.15) is 19.8 Å². The van der Waals surface area contributed by atoms with E-state index >= 15 is 0 Å². The van der Waals surface area contributed by atoms with Crippen LogP contribution in [0, 0.1) is 5.41 Å². The van der Waals surface area contributed by atoms with E-state index in [1.54, 1.807) is 0 Å². The molecule has 24 heavy (non-hydrogen) atoms. The molecule has 1 saturated heterocycles. The molecule has 1 amide bonds. The predicted octanol–water partition coefficient (Wildman–Crippen LogP) is 3.49. The third kappa shape index (κ3) is 4.48. The Bertz CT molecular complexity index is 726. The molecule has 0 spiro atoms. The lowest BCUT2D eigenvalue weighted by molar-refractivity contribution is -0.123. The van der Waals surface area contributed by atoms with E-state index in [2.05, 4.69) is 39.6 Å². The third-order valence-corrected chi connectivity index (χ3v) is 5.16. The van der Waals surface area contributed by atoms with E-state index in [4.69, 9.17) is 4.74 Å². The largest absolute Gasteiger partial charge is 0.484 e. The molecule has 2 N–H and O–H groups in total. The highest BCUT2D eigenvalue weighted by molar-refractivity contribution is 9.10. The summed E-state index contributed by atoms with van der Waals surface area (Å²) in [5, 5.41) is 8.60. The zero-order chi connectivity index (χ0) is 17.0. The van der Waals surface area contributed by atoms with Gasteiger partial charge < -0.3 is 15.4 Å². The van der Waals surface area contributed by atoms with Crippen molar-refractivity contribution in [3.63, 3.8) is 0 Å². The van der Waals surface area contributed by atoms with Crippen LogP contribution in [0.5, 0.6) is 5.75 Å². The Hall–Kier alpha value is -1.59. The van der Waals surface area contributed by atoms with Crippen LogP contribution >= 0.6 is 15.9 Å². The summed E-state index contributed by atoms with van der Waals surface area (Å²) in [4.78, 5) is 12.1. The number of ether oxygens (including phenoxy) is 1. The number of carbonyl (C=O) groups excluding carboxylic acids is 1. The molecule has 1 aliphatic heterocycles. The van der Waals surface area contributed by atoms with Crippen LogP contribution in [0.2, 0.25) is 0 Å². The summed E-state index contributed by atoms with van der Waals surface area (Å²) in [6.07, 6.45) is 2.18. The number of amides is 1. The Morgan fingerprint density at radius 1 is 1.21 bits per heavy atom. The Balaban J connectivity index is 1.51. The molecular weight excluding hydrogens is 368 g/mol. The first-order valence-electron chi connectivity index (χ1n) is 8.34. The number of halogens is 1. The number of hydrogen-bond donors (Lipinski definition) is 2. The van der Waals surface area contributed by atoms with Crippen LogP contribution in [0.3, 0.4) is 0 Å². The molecule has 0 bridgehead atoms. The highest BCUT2D eigenvalue weighted by Gasteiger charge is 2.26. The standard InChI is InChI=1S/C19H23BrN2O2/c1-19(6-8-21-9-7-19)13-22-18(23)12-24-17-5-3-14-10-16(20)4-2-15(14)11-17/h2-5,10-11,21H,6-9,12-13H2,1H3,(H,22,23). The molecule has 3 rings (SSSR count). The van der Waals surface area contributed by atoms with Crippen LogP contribution in [0.4, 0.5) is 0 Å². The zero-order valence-electron chi connectivity index (χ0n) is 13.9. The summed E-state index contributed by atoms with van der Waals surface area (Å²) >= 11 is 3.47. The number of carbonyl (C=O) groups is 1. The maximum atomic E-state index is 12.1. The van der Waals surface area contributed by atoms with Crippen LogP contribution in [-0.2, 0) is 4.79 Å². The van der Waals surface area contributed by atoms with Gasteiger partial charge in [-0.1, -0.05) is 35.0 Å². The van der Waals surface area contributed by atoms with Gasteiger partial charge in [-0.25, -0.2) is 0 Å². The second-order valence-corrected chi connectivity index (χ2v) is 7.70. The molecular formula is C19H23BrN2O2. The molecule has 0 aromatic heterocycles. The van der Waals surface area contributed by atoms with Crippen LogP contribution in [0.25, 0.3) is 10.8 Å². The van der Waals surface area contributed by atoms with Gasteiger partial charge in [0.25, 0.3) is 5.91 Å². The van der Waals surface area contributed by atoms with E-state index in [1.165, 1.54) is 0 Å². The van der Waals surface area contributed by atoms with Gasteiger partial charge in [0.05, 0.1) is 0 Å². The van der Waals surface area contributed by atoms with Crippen molar-refractivity contribution in [1.82, 2.24) is 10.6 Å². The number of rotatable bonds is 5. The fourth-order valence-corrected chi connectivity index (χ4v) is 3.38. The fourth-order valence-electron chi connectivity index (χ4n) is 3.00. The van der Waals surface area contributed by atoms with E-state index in [9.17, 15) is 4.79 Å². The maximum absolute atomic E-state index is 12.1. The third-order valence-electron chi connectivity index (χ3n) is 4.67. The molecule has 5 heteroatoms. The van der Waals surface area contributed by atoms with Gasteiger partial charge in [-0.05, 0) is 66.4 Å². The first-order valence-corrected chi connectivity index (χ1v) is 9.13. The number of nitrogens with one attached hydrogen (secondary N) is 2. The highest BCUT2D eigenvalue weighted by atomic mass is 79.9. The zero-order valence-corrected chi connectivity index (χ0v) is 15.5. The van der Waals surface area contributed by atoms with Gasteiger partial charge in [0.1, 0.15) is 5.75 Å². The van der Waals surface area contributed by atoms with Crippen molar-refractivity contribution < 1.29 is 9.53 Å². The smallest absolute Gasteiger partial charge is 0.257 e. The van der Waals surface area contributed by atoms with Gasteiger partial charge in [0.15, 0.2) is 6.61 Å². The van der Waals surface area contributed by atoms with E-state index in [0.717, 1.165) is 41.2 Å². The summed E-state index contributed by atoms with van der Waals surface area (Å²) in [5.74, 6) is 0.652. The Labute approximate surface area is 151 Å². The number of fused-ring (bicyclic) bond motifs is 1. The second-order valence-electron chi connectivity index (χ2n) is 6.78. The molecule has 0 saturated carbocycles. The fraction of sp³-hybridized carbons (Fsp3) is 0.421. The first-order chi connectivity index (χ1) is 11.5. The lowest BCUT2D eigenvalue weighted by atomic mass is 9.81.